The van der Waals surface area contributed by atoms with Crippen LogP contribution in [0.2, 0.25) is 0 Å². The Morgan fingerprint density at radius 3 is 2.82 bits per heavy atom. The Hall–Kier alpha value is -1.98. The van der Waals surface area contributed by atoms with Crippen LogP contribution in [-0.2, 0) is 16.1 Å². The number of carbonyl (C=O) groups is 2. The molecule has 1 aromatic heterocycles. The third-order valence-electron chi connectivity index (χ3n) is 2.20. The summed E-state index contributed by atoms with van der Waals surface area (Å²) in [5, 5.41) is 2.37. The number of anilines is 1. The van der Waals surface area contributed by atoms with Crippen LogP contribution in [-0.4, -0.2) is 30.1 Å². The fourth-order valence-corrected chi connectivity index (χ4v) is 1.41. The molecule has 6 nitrogen and oxygen atoms in total. The van der Waals surface area contributed by atoms with Crippen LogP contribution in [0.4, 0.5) is 5.69 Å². The topological polar surface area (TPSA) is 86.3 Å². The van der Waals surface area contributed by atoms with Gasteiger partial charge in [0.25, 0.3) is 5.91 Å². The van der Waals surface area contributed by atoms with Gasteiger partial charge in [0.15, 0.2) is 6.61 Å². The molecule has 1 amide bonds. The molecular formula is C11H17N3O3. The zero-order valence-corrected chi connectivity index (χ0v) is 10.0. The first kappa shape index (κ1) is 13.1. The Kier molecular flexibility index (Phi) is 4.56. The largest absolute Gasteiger partial charge is 0.451 e. The highest BCUT2D eigenvalue weighted by atomic mass is 16.5. The van der Waals surface area contributed by atoms with Gasteiger partial charge in [-0.2, -0.15) is 0 Å². The van der Waals surface area contributed by atoms with Crippen LogP contribution in [0.15, 0.2) is 12.3 Å². The van der Waals surface area contributed by atoms with E-state index in [2.05, 4.69) is 5.32 Å². The number of esters is 1. The van der Waals surface area contributed by atoms with Gasteiger partial charge >= 0.3 is 5.97 Å². The highest BCUT2D eigenvalue weighted by Crippen LogP contribution is 2.12. The number of likely N-dealkylation sites (N-methyl/N-ethyl adjacent to an activating group) is 1. The van der Waals surface area contributed by atoms with Gasteiger partial charge in [0, 0.05) is 19.8 Å². The van der Waals surface area contributed by atoms with Crippen molar-refractivity contribution in [2.75, 3.05) is 19.4 Å². The monoisotopic (exact) mass is 239 g/mol. The molecule has 0 saturated carbocycles. The number of aryl methyl sites for hydroxylation is 1. The number of carbonyl (C=O) groups excluding carboxylic acids is 2. The predicted molar refractivity (Wildman–Crippen MR) is 63.5 cm³/mol. The molecule has 0 spiro atoms. The second-order valence-corrected chi connectivity index (χ2v) is 3.60. The first-order valence-corrected chi connectivity index (χ1v) is 5.41. The van der Waals surface area contributed by atoms with Crippen molar-refractivity contribution in [2.24, 2.45) is 0 Å². The Morgan fingerprint density at radius 2 is 2.24 bits per heavy atom. The quantitative estimate of drug-likeness (QED) is 0.727. The molecule has 0 fully saturated rings. The van der Waals surface area contributed by atoms with Gasteiger partial charge in [-0.3, -0.25) is 4.79 Å². The summed E-state index contributed by atoms with van der Waals surface area (Å²) >= 11 is 0. The molecule has 1 aromatic rings. The van der Waals surface area contributed by atoms with E-state index in [1.807, 2.05) is 6.92 Å². The van der Waals surface area contributed by atoms with Crippen molar-refractivity contribution in [3.05, 3.63) is 18.0 Å². The lowest BCUT2D eigenvalue weighted by molar-refractivity contribution is -0.123. The first-order chi connectivity index (χ1) is 8.08. The summed E-state index contributed by atoms with van der Waals surface area (Å²) in [5.41, 5.74) is 6.50. The molecule has 0 aliphatic heterocycles. The minimum absolute atomic E-state index is 0.285. The van der Waals surface area contributed by atoms with Gasteiger partial charge in [-0.05, 0) is 12.5 Å². The van der Waals surface area contributed by atoms with E-state index in [-0.39, 0.29) is 12.5 Å². The minimum Gasteiger partial charge on any atom is -0.451 e. The van der Waals surface area contributed by atoms with E-state index in [9.17, 15) is 9.59 Å². The number of rotatable bonds is 5. The van der Waals surface area contributed by atoms with Crippen molar-refractivity contribution in [3.63, 3.8) is 0 Å². The zero-order valence-electron chi connectivity index (χ0n) is 10.0. The van der Waals surface area contributed by atoms with Crippen LogP contribution >= 0.6 is 0 Å². The number of amides is 1. The van der Waals surface area contributed by atoms with Crippen molar-refractivity contribution in [1.29, 1.82) is 0 Å². The summed E-state index contributed by atoms with van der Waals surface area (Å²) < 4.78 is 6.58. The van der Waals surface area contributed by atoms with E-state index in [1.54, 1.807) is 16.8 Å². The standard InChI is InChI=1S/C11H17N3O3/c1-3-4-14-6-8(12)5-9(14)11(16)17-7-10(15)13-2/h5-6H,3-4,7,12H2,1-2H3,(H,13,15). The molecule has 94 valence electrons. The number of ether oxygens (including phenoxy) is 1. The molecule has 0 aliphatic rings. The van der Waals surface area contributed by atoms with Crippen LogP contribution in [0, 0.1) is 0 Å². The van der Waals surface area contributed by atoms with Crippen LogP contribution < -0.4 is 11.1 Å². The molecule has 1 rings (SSSR count). The van der Waals surface area contributed by atoms with Crippen LogP contribution in [0.25, 0.3) is 0 Å². The van der Waals surface area contributed by atoms with Gasteiger partial charge in [-0.15, -0.1) is 0 Å². The maximum atomic E-state index is 11.7. The smallest absolute Gasteiger partial charge is 0.355 e. The van der Waals surface area contributed by atoms with Gasteiger partial charge in [0.05, 0.1) is 5.69 Å². The summed E-state index contributed by atoms with van der Waals surface area (Å²) in [4.78, 5) is 22.6. The maximum absolute atomic E-state index is 11.7. The maximum Gasteiger partial charge on any atom is 0.355 e. The lowest BCUT2D eigenvalue weighted by Gasteiger charge is -2.07. The number of hydrogen-bond donors (Lipinski definition) is 2. The fourth-order valence-electron chi connectivity index (χ4n) is 1.41. The molecule has 0 aromatic carbocycles. The van der Waals surface area contributed by atoms with E-state index >= 15 is 0 Å². The van der Waals surface area contributed by atoms with Crippen molar-refractivity contribution in [1.82, 2.24) is 9.88 Å². The van der Waals surface area contributed by atoms with Crippen LogP contribution in [0.3, 0.4) is 0 Å². The van der Waals surface area contributed by atoms with Gasteiger partial charge in [-0.25, -0.2) is 4.79 Å². The average Bonchev–Trinajstić information content (AvgIpc) is 2.67. The zero-order chi connectivity index (χ0) is 12.8. The summed E-state index contributed by atoms with van der Waals surface area (Å²) in [6.07, 6.45) is 2.56. The second kappa shape index (κ2) is 5.93. The van der Waals surface area contributed by atoms with E-state index in [4.69, 9.17) is 10.5 Å². The highest BCUT2D eigenvalue weighted by Gasteiger charge is 2.15. The van der Waals surface area contributed by atoms with Gasteiger partial charge in [0.1, 0.15) is 5.69 Å². The van der Waals surface area contributed by atoms with Crippen molar-refractivity contribution < 1.29 is 14.3 Å². The summed E-state index contributed by atoms with van der Waals surface area (Å²) in [6, 6.07) is 1.54. The minimum atomic E-state index is -0.543. The van der Waals surface area contributed by atoms with Crippen molar-refractivity contribution in [2.45, 2.75) is 19.9 Å². The van der Waals surface area contributed by atoms with E-state index in [0.29, 0.717) is 17.9 Å². The summed E-state index contributed by atoms with van der Waals surface area (Å²) in [5.74, 6) is -0.890. The molecule has 17 heavy (non-hydrogen) atoms. The van der Waals surface area contributed by atoms with Crippen LogP contribution in [0.5, 0.6) is 0 Å². The predicted octanol–water partition coefficient (Wildman–Crippen LogP) is 0.383. The van der Waals surface area contributed by atoms with Crippen molar-refractivity contribution >= 4 is 17.6 Å². The normalized spacial score (nSPS) is 10.0. The SMILES string of the molecule is CCCn1cc(N)cc1C(=O)OCC(=O)NC. The molecule has 1 heterocycles. The van der Waals surface area contributed by atoms with E-state index < -0.39 is 5.97 Å². The van der Waals surface area contributed by atoms with Gasteiger partial charge < -0.3 is 20.4 Å². The highest BCUT2D eigenvalue weighted by molar-refractivity contribution is 5.91. The number of nitrogens with two attached hydrogens (primary N) is 1. The molecule has 0 radical (unpaired) electrons. The molecule has 6 heteroatoms. The molecule has 0 bridgehead atoms. The first-order valence-electron chi connectivity index (χ1n) is 5.41. The summed E-state index contributed by atoms with van der Waals surface area (Å²) in [7, 11) is 1.48. The van der Waals surface area contributed by atoms with Crippen molar-refractivity contribution in [3.8, 4) is 0 Å². The third-order valence-corrected chi connectivity index (χ3v) is 2.20. The molecule has 0 unspecified atom stereocenters. The molecule has 0 aliphatic carbocycles. The van der Waals surface area contributed by atoms with Gasteiger partial charge in [0.2, 0.25) is 0 Å². The Labute approximate surface area is 99.7 Å². The van der Waals surface area contributed by atoms with E-state index in [0.717, 1.165) is 6.42 Å². The summed E-state index contributed by atoms with van der Waals surface area (Å²) in [6.45, 7) is 2.39. The second-order valence-electron chi connectivity index (χ2n) is 3.60. The number of aromatic nitrogens is 1. The van der Waals surface area contributed by atoms with E-state index in [1.165, 1.54) is 7.05 Å². The lowest BCUT2D eigenvalue weighted by Crippen LogP contribution is -2.25. The average molecular weight is 239 g/mol. The van der Waals surface area contributed by atoms with Crippen LogP contribution in [0.1, 0.15) is 23.8 Å². The number of nitrogen functional groups attached to an aromatic ring is 1. The number of nitrogens with zero attached hydrogens (tertiary/aromatic N) is 1. The fraction of sp³-hybridized carbons (Fsp3) is 0.455. The Bertz CT molecular complexity index is 412. The Morgan fingerprint density at radius 1 is 1.53 bits per heavy atom. The van der Waals surface area contributed by atoms with Gasteiger partial charge in [-0.1, -0.05) is 6.92 Å². The third kappa shape index (κ3) is 3.51. The lowest BCUT2D eigenvalue weighted by atomic mass is 10.4. The molecule has 0 atom stereocenters. The molecule has 0 saturated heterocycles. The Balaban J connectivity index is 2.70. The molecular weight excluding hydrogens is 222 g/mol. The number of nitrogens with one attached hydrogen (secondary N) is 1. The number of hydrogen-bond acceptors (Lipinski definition) is 4. The molecule has 3 N–H and O–H groups in total.